The molecule has 0 saturated carbocycles. The van der Waals surface area contributed by atoms with Gasteiger partial charge in [-0.1, -0.05) is 0 Å². The van der Waals surface area contributed by atoms with Gasteiger partial charge in [-0.3, -0.25) is 10.1 Å². The Bertz CT molecular complexity index is 1150. The number of alkyl halides is 3. The third-order valence-electron chi connectivity index (χ3n) is 4.00. The molecule has 0 amide bonds. The van der Waals surface area contributed by atoms with E-state index in [1.807, 2.05) is 0 Å². The van der Waals surface area contributed by atoms with Gasteiger partial charge in [0.05, 0.1) is 17.3 Å². The molecule has 3 heterocycles. The fourth-order valence-corrected chi connectivity index (χ4v) is 2.84. The predicted molar refractivity (Wildman–Crippen MR) is 92.3 cm³/mol. The van der Waals surface area contributed by atoms with Crippen molar-refractivity contribution >= 4 is 16.9 Å². The number of nitrogen functional groups attached to an aromatic ring is 1. The molecule has 0 bridgehead atoms. The number of halogens is 3. The van der Waals surface area contributed by atoms with Crippen molar-refractivity contribution < 1.29 is 13.2 Å². The summed E-state index contributed by atoms with van der Waals surface area (Å²) in [6.45, 7) is 1.79. The summed E-state index contributed by atoms with van der Waals surface area (Å²) in [5, 5.41) is 14.1. The zero-order valence-corrected chi connectivity index (χ0v) is 13.9. The van der Waals surface area contributed by atoms with Gasteiger partial charge in [0.25, 0.3) is 0 Å². The van der Waals surface area contributed by atoms with Gasteiger partial charge in [-0.15, -0.1) is 10.2 Å². The Morgan fingerprint density at radius 1 is 1.04 bits per heavy atom. The number of nitrogens with one attached hydrogen (secondary N) is 1. The summed E-state index contributed by atoms with van der Waals surface area (Å²) >= 11 is 0. The average molecular weight is 371 g/mol. The van der Waals surface area contributed by atoms with Gasteiger partial charge in [-0.2, -0.15) is 18.3 Å². The lowest BCUT2D eigenvalue weighted by molar-refractivity contribution is -0.136. The van der Waals surface area contributed by atoms with Gasteiger partial charge in [0.1, 0.15) is 11.4 Å². The molecule has 0 aliphatic rings. The average Bonchev–Trinajstić information content (AvgIpc) is 3.08. The summed E-state index contributed by atoms with van der Waals surface area (Å²) in [5.41, 5.74) is 6.78. The highest BCUT2D eigenvalue weighted by molar-refractivity contribution is 5.89. The largest absolute Gasteiger partial charge is 0.418 e. The number of benzene rings is 1. The molecule has 0 saturated heterocycles. The molecule has 0 unspecified atom stereocenters. The molecular formula is C17H12F3N7. The van der Waals surface area contributed by atoms with Gasteiger partial charge >= 0.3 is 6.18 Å². The Labute approximate surface area is 150 Å². The number of aryl methyl sites for hydroxylation is 1. The maximum absolute atomic E-state index is 13.5. The molecule has 10 heteroatoms. The third-order valence-corrected chi connectivity index (χ3v) is 4.00. The zero-order chi connectivity index (χ0) is 19.2. The van der Waals surface area contributed by atoms with Crippen molar-refractivity contribution in [1.82, 2.24) is 30.4 Å². The molecule has 3 aromatic heterocycles. The number of pyridine rings is 1. The standard InChI is InChI=1S/C17H12F3N7/c1-8-4-9(2-3-22-8)14-15(26-27-16(21)24-14)10-5-11-7-23-25-13(11)12(6-10)17(18,19)20/h2-7H,1H3,(H,23,25)(H2,21,24,27). The van der Waals surface area contributed by atoms with Crippen LogP contribution in [-0.4, -0.2) is 30.4 Å². The van der Waals surface area contributed by atoms with Crippen LogP contribution in [0.25, 0.3) is 33.4 Å². The monoisotopic (exact) mass is 371 g/mol. The van der Waals surface area contributed by atoms with Crippen LogP contribution in [-0.2, 0) is 6.18 Å². The van der Waals surface area contributed by atoms with E-state index in [-0.39, 0.29) is 22.7 Å². The first-order chi connectivity index (χ1) is 12.8. The van der Waals surface area contributed by atoms with Crippen molar-refractivity contribution in [2.45, 2.75) is 13.1 Å². The Morgan fingerprint density at radius 3 is 2.59 bits per heavy atom. The molecule has 4 aromatic rings. The van der Waals surface area contributed by atoms with E-state index in [0.717, 1.165) is 11.8 Å². The summed E-state index contributed by atoms with van der Waals surface area (Å²) in [4.78, 5) is 8.31. The number of fused-ring (bicyclic) bond motifs is 1. The van der Waals surface area contributed by atoms with E-state index >= 15 is 0 Å². The zero-order valence-electron chi connectivity index (χ0n) is 13.9. The molecule has 7 nitrogen and oxygen atoms in total. The van der Waals surface area contributed by atoms with Crippen molar-refractivity contribution in [3.63, 3.8) is 0 Å². The summed E-state index contributed by atoms with van der Waals surface area (Å²) in [6.07, 6.45) is -1.67. The molecule has 27 heavy (non-hydrogen) atoms. The molecule has 0 atom stereocenters. The minimum atomic E-state index is -4.57. The summed E-state index contributed by atoms with van der Waals surface area (Å²) in [5.74, 6) is -0.0800. The van der Waals surface area contributed by atoms with Crippen LogP contribution in [0.3, 0.4) is 0 Å². The Kier molecular flexibility index (Phi) is 3.76. The second kappa shape index (κ2) is 6.01. The maximum Gasteiger partial charge on any atom is 0.418 e. The molecule has 3 N–H and O–H groups in total. The van der Waals surface area contributed by atoms with E-state index in [9.17, 15) is 13.2 Å². The number of hydrogen-bond donors (Lipinski definition) is 2. The molecule has 0 spiro atoms. The lowest BCUT2D eigenvalue weighted by Gasteiger charge is -2.12. The number of aromatic amines is 1. The first-order valence-electron chi connectivity index (χ1n) is 7.81. The van der Waals surface area contributed by atoms with Crippen LogP contribution in [0.4, 0.5) is 19.1 Å². The number of hydrogen-bond acceptors (Lipinski definition) is 6. The van der Waals surface area contributed by atoms with Crippen molar-refractivity contribution in [3.05, 3.63) is 47.9 Å². The first-order valence-corrected chi connectivity index (χ1v) is 7.81. The number of aromatic nitrogens is 6. The van der Waals surface area contributed by atoms with E-state index in [1.165, 1.54) is 6.20 Å². The van der Waals surface area contributed by atoms with Crippen LogP contribution < -0.4 is 5.73 Å². The fourth-order valence-electron chi connectivity index (χ4n) is 2.84. The Hall–Kier alpha value is -3.56. The lowest BCUT2D eigenvalue weighted by atomic mass is 10.0. The number of rotatable bonds is 2. The van der Waals surface area contributed by atoms with Gasteiger partial charge in [-0.25, -0.2) is 4.98 Å². The normalized spacial score (nSPS) is 11.9. The van der Waals surface area contributed by atoms with E-state index in [1.54, 1.807) is 31.3 Å². The summed E-state index contributed by atoms with van der Waals surface area (Å²) in [7, 11) is 0. The van der Waals surface area contributed by atoms with Crippen LogP contribution in [0.5, 0.6) is 0 Å². The lowest BCUT2D eigenvalue weighted by Crippen LogP contribution is -2.07. The van der Waals surface area contributed by atoms with Crippen LogP contribution in [0.1, 0.15) is 11.3 Å². The molecule has 1 aromatic carbocycles. The highest BCUT2D eigenvalue weighted by Crippen LogP contribution is 2.38. The third kappa shape index (κ3) is 3.05. The Morgan fingerprint density at radius 2 is 1.85 bits per heavy atom. The van der Waals surface area contributed by atoms with E-state index < -0.39 is 11.7 Å². The summed E-state index contributed by atoms with van der Waals surface area (Å²) < 4.78 is 40.5. The molecule has 0 aliphatic carbocycles. The van der Waals surface area contributed by atoms with Gasteiger partial charge in [-0.05, 0) is 31.2 Å². The topological polar surface area (TPSA) is 106 Å². The highest BCUT2D eigenvalue weighted by atomic mass is 19.4. The quantitative estimate of drug-likeness (QED) is 0.559. The number of anilines is 1. The minimum Gasteiger partial charge on any atom is -0.366 e. The van der Waals surface area contributed by atoms with Crippen molar-refractivity contribution in [3.8, 4) is 22.5 Å². The molecule has 4 rings (SSSR count). The highest BCUT2D eigenvalue weighted by Gasteiger charge is 2.34. The Balaban J connectivity index is 2.00. The van der Waals surface area contributed by atoms with Crippen molar-refractivity contribution in [2.75, 3.05) is 5.73 Å². The van der Waals surface area contributed by atoms with Crippen LogP contribution >= 0.6 is 0 Å². The van der Waals surface area contributed by atoms with E-state index in [2.05, 4.69) is 30.4 Å². The van der Waals surface area contributed by atoms with Gasteiger partial charge in [0, 0.05) is 28.4 Å². The number of H-pyrrole nitrogens is 1. The van der Waals surface area contributed by atoms with E-state index in [4.69, 9.17) is 5.73 Å². The SMILES string of the molecule is Cc1cc(-c2nc(N)nnc2-c2cc(C(F)(F)F)c3[nH]ncc3c2)ccn1. The predicted octanol–water partition coefficient (Wildman–Crippen LogP) is 3.39. The molecule has 0 aliphatic heterocycles. The summed E-state index contributed by atoms with van der Waals surface area (Å²) in [6, 6.07) is 5.97. The number of nitrogens with zero attached hydrogens (tertiary/aromatic N) is 5. The van der Waals surface area contributed by atoms with Crippen molar-refractivity contribution in [2.24, 2.45) is 0 Å². The molecular weight excluding hydrogens is 359 g/mol. The van der Waals surface area contributed by atoms with Crippen molar-refractivity contribution in [1.29, 1.82) is 0 Å². The van der Waals surface area contributed by atoms with Crippen LogP contribution in [0, 0.1) is 6.92 Å². The smallest absolute Gasteiger partial charge is 0.366 e. The minimum absolute atomic E-state index is 0.0800. The molecule has 0 radical (unpaired) electrons. The first kappa shape index (κ1) is 16.9. The molecule has 136 valence electrons. The van der Waals surface area contributed by atoms with Gasteiger partial charge in [0.15, 0.2) is 0 Å². The second-order valence-corrected chi connectivity index (χ2v) is 5.91. The fraction of sp³-hybridized carbons (Fsp3) is 0.118. The second-order valence-electron chi connectivity index (χ2n) is 5.91. The van der Waals surface area contributed by atoms with Gasteiger partial charge in [0.2, 0.25) is 5.95 Å². The molecule has 0 fully saturated rings. The van der Waals surface area contributed by atoms with Gasteiger partial charge < -0.3 is 5.73 Å². The number of nitrogens with two attached hydrogens (primary N) is 1. The van der Waals surface area contributed by atoms with Crippen LogP contribution in [0.2, 0.25) is 0 Å². The maximum atomic E-state index is 13.5. The van der Waals surface area contributed by atoms with Crippen LogP contribution in [0.15, 0.2) is 36.7 Å². The van der Waals surface area contributed by atoms with E-state index in [0.29, 0.717) is 16.6 Å².